The quantitative estimate of drug-likeness (QED) is 0.807. The molecule has 1 aromatic heterocycles. The third-order valence-electron chi connectivity index (χ3n) is 5.73. The number of nitrogens with one attached hydrogen (secondary N) is 1. The smallest absolute Gasteiger partial charge is 0.268 e. The molecule has 6 nitrogen and oxygen atoms in total. The van der Waals surface area contributed by atoms with Crippen LogP contribution < -0.4 is 10.9 Å². The highest BCUT2D eigenvalue weighted by molar-refractivity contribution is 6.30. The number of hydrogen-bond acceptors (Lipinski definition) is 4. The summed E-state index contributed by atoms with van der Waals surface area (Å²) in [5.74, 6) is -0.546. The summed E-state index contributed by atoms with van der Waals surface area (Å²) in [4.78, 5) is 39.2. The Bertz CT molecular complexity index is 1050. The molecule has 0 saturated carbocycles. The maximum atomic E-state index is 13.4. The molecule has 7 heteroatoms. The first-order valence-corrected chi connectivity index (χ1v) is 10.6. The standard InChI is InChI=1S/C23H25ClN2O4/c1-23(2)11-19-17(20(27)12-23)10-18(21(28)25-13-16-4-3-9-30-16)22(29)26(19)15-7-5-14(24)6-8-15/h5-8,10,16H,3-4,9,11-13H2,1-2H3,(H,25,28). The minimum Gasteiger partial charge on any atom is -0.376 e. The summed E-state index contributed by atoms with van der Waals surface area (Å²) in [6, 6.07) is 8.30. The summed E-state index contributed by atoms with van der Waals surface area (Å²) in [7, 11) is 0. The highest BCUT2D eigenvalue weighted by Crippen LogP contribution is 2.35. The molecule has 30 heavy (non-hydrogen) atoms. The summed E-state index contributed by atoms with van der Waals surface area (Å²) in [6.07, 6.45) is 2.74. The molecule has 1 N–H and O–H groups in total. The van der Waals surface area contributed by atoms with Gasteiger partial charge in [0, 0.05) is 41.5 Å². The van der Waals surface area contributed by atoms with E-state index < -0.39 is 11.5 Å². The van der Waals surface area contributed by atoms with Crippen LogP contribution in [0.25, 0.3) is 5.69 Å². The van der Waals surface area contributed by atoms with Crippen molar-refractivity contribution in [3.63, 3.8) is 0 Å². The van der Waals surface area contributed by atoms with Crippen LogP contribution in [0.3, 0.4) is 0 Å². The Balaban J connectivity index is 1.80. The van der Waals surface area contributed by atoms with Crippen LogP contribution in [0.4, 0.5) is 0 Å². The number of rotatable bonds is 4. The largest absolute Gasteiger partial charge is 0.376 e. The van der Waals surface area contributed by atoms with Gasteiger partial charge in [-0.1, -0.05) is 25.4 Å². The molecule has 0 radical (unpaired) electrons. The number of Topliss-reactive ketones (excluding diaryl/α,β-unsaturated/α-hetero) is 1. The number of ether oxygens (including phenoxy) is 1. The van der Waals surface area contributed by atoms with Crippen molar-refractivity contribution in [3.05, 3.63) is 62.5 Å². The van der Waals surface area contributed by atoms with E-state index in [9.17, 15) is 14.4 Å². The van der Waals surface area contributed by atoms with Crippen LogP contribution in [-0.4, -0.2) is 35.5 Å². The van der Waals surface area contributed by atoms with E-state index in [1.165, 1.54) is 10.6 Å². The van der Waals surface area contributed by atoms with Crippen molar-refractivity contribution >= 4 is 23.3 Å². The first-order valence-electron chi connectivity index (χ1n) is 10.2. The fourth-order valence-electron chi connectivity index (χ4n) is 4.25. The number of benzene rings is 1. The van der Waals surface area contributed by atoms with Crippen LogP contribution in [0.15, 0.2) is 35.1 Å². The Morgan fingerprint density at radius 2 is 1.97 bits per heavy atom. The fraction of sp³-hybridized carbons (Fsp3) is 0.435. The lowest BCUT2D eigenvalue weighted by atomic mass is 9.75. The van der Waals surface area contributed by atoms with Crippen molar-refractivity contribution < 1.29 is 14.3 Å². The number of pyridine rings is 1. The monoisotopic (exact) mass is 428 g/mol. The average Bonchev–Trinajstić information content (AvgIpc) is 3.20. The Hall–Kier alpha value is -2.44. The molecule has 1 saturated heterocycles. The lowest BCUT2D eigenvalue weighted by Crippen LogP contribution is -2.40. The van der Waals surface area contributed by atoms with Gasteiger partial charge < -0.3 is 10.1 Å². The van der Waals surface area contributed by atoms with Crippen LogP contribution in [0.2, 0.25) is 5.02 Å². The van der Waals surface area contributed by atoms with Gasteiger partial charge in [0.2, 0.25) is 0 Å². The molecule has 2 heterocycles. The van der Waals surface area contributed by atoms with Crippen molar-refractivity contribution in [1.29, 1.82) is 0 Å². The molecule has 0 spiro atoms. The first-order chi connectivity index (χ1) is 14.2. The second-order valence-electron chi connectivity index (χ2n) is 8.82. The summed E-state index contributed by atoms with van der Waals surface area (Å²) in [5.41, 5.74) is 0.917. The lowest BCUT2D eigenvalue weighted by Gasteiger charge is -2.32. The summed E-state index contributed by atoms with van der Waals surface area (Å²) >= 11 is 6.02. The molecule has 1 aliphatic carbocycles. The average molecular weight is 429 g/mol. The minimum absolute atomic E-state index is 0.0326. The molecule has 1 aromatic carbocycles. The number of nitrogens with zero attached hydrogens (tertiary/aromatic N) is 1. The molecule has 158 valence electrons. The van der Waals surface area contributed by atoms with E-state index in [1.54, 1.807) is 24.3 Å². The van der Waals surface area contributed by atoms with Crippen LogP contribution in [0, 0.1) is 5.41 Å². The predicted molar refractivity (Wildman–Crippen MR) is 115 cm³/mol. The highest BCUT2D eigenvalue weighted by Gasteiger charge is 2.35. The van der Waals surface area contributed by atoms with E-state index in [2.05, 4.69) is 5.32 Å². The summed E-state index contributed by atoms with van der Waals surface area (Å²) in [5, 5.41) is 3.34. The van der Waals surface area contributed by atoms with Crippen LogP contribution in [0.1, 0.15) is 59.5 Å². The number of fused-ring (bicyclic) bond motifs is 1. The normalized spacial score (nSPS) is 20.1. The van der Waals surface area contributed by atoms with Gasteiger partial charge in [-0.2, -0.15) is 0 Å². The zero-order valence-corrected chi connectivity index (χ0v) is 17.9. The van der Waals surface area contributed by atoms with Crippen LogP contribution >= 0.6 is 11.6 Å². The number of ketones is 1. The van der Waals surface area contributed by atoms with Gasteiger partial charge in [0.25, 0.3) is 11.5 Å². The topological polar surface area (TPSA) is 77.4 Å². The van der Waals surface area contributed by atoms with Gasteiger partial charge in [-0.05, 0) is 55.0 Å². The Morgan fingerprint density at radius 1 is 1.23 bits per heavy atom. The zero-order valence-electron chi connectivity index (χ0n) is 17.2. The minimum atomic E-state index is -0.487. The van der Waals surface area contributed by atoms with Gasteiger partial charge in [0.1, 0.15) is 5.56 Å². The van der Waals surface area contributed by atoms with Crippen molar-refractivity contribution in [3.8, 4) is 5.69 Å². The van der Waals surface area contributed by atoms with Crippen molar-refractivity contribution in [2.45, 2.75) is 45.6 Å². The molecule has 2 aliphatic rings. The van der Waals surface area contributed by atoms with Gasteiger partial charge >= 0.3 is 0 Å². The molecular weight excluding hydrogens is 404 g/mol. The van der Waals surface area contributed by atoms with Gasteiger partial charge in [0.05, 0.1) is 6.10 Å². The van der Waals surface area contributed by atoms with Crippen molar-refractivity contribution in [2.75, 3.05) is 13.2 Å². The SMILES string of the molecule is CC1(C)CC(=O)c2cc(C(=O)NCC3CCCO3)c(=O)n(-c3ccc(Cl)cc3)c2C1. The number of hydrogen-bond donors (Lipinski definition) is 1. The van der Waals surface area contributed by atoms with Crippen molar-refractivity contribution in [1.82, 2.24) is 9.88 Å². The molecule has 4 rings (SSSR count). The van der Waals surface area contributed by atoms with E-state index in [-0.39, 0.29) is 22.9 Å². The second kappa shape index (κ2) is 8.00. The molecule has 1 amide bonds. The molecule has 2 aromatic rings. The maximum absolute atomic E-state index is 13.4. The fourth-order valence-corrected chi connectivity index (χ4v) is 4.37. The number of carbonyl (C=O) groups is 2. The van der Waals surface area contributed by atoms with Gasteiger partial charge in [-0.15, -0.1) is 0 Å². The molecule has 1 fully saturated rings. The first kappa shape index (κ1) is 20.8. The van der Waals surface area contributed by atoms with Gasteiger partial charge in [-0.3, -0.25) is 19.0 Å². The van der Waals surface area contributed by atoms with Crippen LogP contribution in [0.5, 0.6) is 0 Å². The van der Waals surface area contributed by atoms with E-state index >= 15 is 0 Å². The van der Waals surface area contributed by atoms with Gasteiger partial charge in [0.15, 0.2) is 5.78 Å². The van der Waals surface area contributed by atoms with Gasteiger partial charge in [-0.25, -0.2) is 0 Å². The number of carbonyl (C=O) groups excluding carboxylic acids is 2. The maximum Gasteiger partial charge on any atom is 0.268 e. The molecule has 1 atom stereocenters. The Labute approximate surface area is 180 Å². The van der Waals surface area contributed by atoms with E-state index in [4.69, 9.17) is 16.3 Å². The third kappa shape index (κ3) is 4.07. The number of halogens is 1. The zero-order chi connectivity index (χ0) is 21.5. The summed E-state index contributed by atoms with van der Waals surface area (Å²) < 4.78 is 7.03. The van der Waals surface area contributed by atoms with E-state index in [0.717, 1.165) is 12.8 Å². The van der Waals surface area contributed by atoms with Crippen molar-refractivity contribution in [2.24, 2.45) is 5.41 Å². The van der Waals surface area contributed by atoms with E-state index in [0.29, 0.717) is 48.0 Å². The molecule has 1 aliphatic heterocycles. The molecule has 1 unspecified atom stereocenters. The summed E-state index contributed by atoms with van der Waals surface area (Å²) in [6.45, 7) is 5.05. The Morgan fingerprint density at radius 3 is 2.63 bits per heavy atom. The predicted octanol–water partition coefficient (Wildman–Crippen LogP) is 3.55. The number of amides is 1. The number of aromatic nitrogens is 1. The molecule has 0 bridgehead atoms. The Kier molecular flexibility index (Phi) is 5.55. The van der Waals surface area contributed by atoms with Crippen LogP contribution in [-0.2, 0) is 11.2 Å². The third-order valence-corrected chi connectivity index (χ3v) is 5.98. The lowest BCUT2D eigenvalue weighted by molar-refractivity contribution is 0.0856. The second-order valence-corrected chi connectivity index (χ2v) is 9.26. The highest BCUT2D eigenvalue weighted by atomic mass is 35.5. The molecular formula is C23H25ClN2O4. The van der Waals surface area contributed by atoms with E-state index in [1.807, 2.05) is 13.8 Å².